The standard InChI is InChI=1S/C22H28N2O5S/c1-13(2)29-22(27)19-16-7-5-14(3)11-17(16)30-21(19)23-20(26)15-6-8-18(25)24(12-15)9-10-28-4/h6,8,12-14H,5,7,9-11H2,1-4H3,(H,23,26). The number of ether oxygens (including phenoxy) is 2. The Bertz CT molecular complexity index is 992. The van der Waals surface area contributed by atoms with Crippen molar-refractivity contribution >= 4 is 28.2 Å². The first-order chi connectivity index (χ1) is 14.3. The zero-order valence-corrected chi connectivity index (χ0v) is 18.6. The number of fused-ring (bicyclic) bond motifs is 1. The first-order valence-electron chi connectivity index (χ1n) is 10.2. The van der Waals surface area contributed by atoms with E-state index in [2.05, 4.69) is 12.2 Å². The van der Waals surface area contributed by atoms with Crippen molar-refractivity contribution < 1.29 is 19.1 Å². The normalized spacial score (nSPS) is 15.7. The fourth-order valence-corrected chi connectivity index (χ4v) is 4.93. The van der Waals surface area contributed by atoms with E-state index in [1.165, 1.54) is 34.2 Å². The molecule has 0 bridgehead atoms. The number of methoxy groups -OCH3 is 1. The third-order valence-electron chi connectivity index (χ3n) is 5.07. The van der Waals surface area contributed by atoms with Gasteiger partial charge in [0.2, 0.25) is 0 Å². The van der Waals surface area contributed by atoms with Gasteiger partial charge in [-0.1, -0.05) is 6.92 Å². The minimum absolute atomic E-state index is 0.203. The molecule has 2 heterocycles. The predicted octanol–water partition coefficient (Wildman–Crippen LogP) is 3.50. The number of thiophene rings is 1. The smallest absolute Gasteiger partial charge is 0.341 e. The summed E-state index contributed by atoms with van der Waals surface area (Å²) >= 11 is 1.44. The molecule has 7 nitrogen and oxygen atoms in total. The Labute approximate surface area is 180 Å². The topological polar surface area (TPSA) is 86.6 Å². The molecule has 0 radical (unpaired) electrons. The SMILES string of the molecule is COCCn1cc(C(=O)Nc2sc3c(c2C(=O)OC(C)C)CCC(C)C3)ccc1=O. The van der Waals surface area contributed by atoms with Gasteiger partial charge in [0.05, 0.1) is 23.8 Å². The molecule has 30 heavy (non-hydrogen) atoms. The van der Waals surface area contributed by atoms with Crippen molar-refractivity contribution in [1.82, 2.24) is 4.57 Å². The van der Waals surface area contributed by atoms with E-state index in [4.69, 9.17) is 9.47 Å². The van der Waals surface area contributed by atoms with Crippen molar-refractivity contribution in [3.63, 3.8) is 0 Å². The molecule has 1 N–H and O–H groups in total. The second-order valence-electron chi connectivity index (χ2n) is 7.91. The average molecular weight is 433 g/mol. The number of nitrogens with zero attached hydrogens (tertiary/aromatic N) is 1. The molecule has 8 heteroatoms. The lowest BCUT2D eigenvalue weighted by Gasteiger charge is -2.18. The number of aromatic nitrogens is 1. The summed E-state index contributed by atoms with van der Waals surface area (Å²) in [6.07, 6.45) is 3.96. The number of rotatable bonds is 7. The number of anilines is 1. The van der Waals surface area contributed by atoms with Crippen LogP contribution in [0.3, 0.4) is 0 Å². The van der Waals surface area contributed by atoms with Crippen LogP contribution in [0.4, 0.5) is 5.00 Å². The predicted molar refractivity (Wildman–Crippen MR) is 117 cm³/mol. The van der Waals surface area contributed by atoms with Crippen LogP contribution in [-0.2, 0) is 28.9 Å². The van der Waals surface area contributed by atoms with Crippen molar-refractivity contribution in [1.29, 1.82) is 0 Å². The zero-order valence-electron chi connectivity index (χ0n) is 17.8. The summed E-state index contributed by atoms with van der Waals surface area (Å²) in [5, 5.41) is 3.40. The van der Waals surface area contributed by atoms with Crippen LogP contribution in [-0.4, -0.2) is 36.3 Å². The number of carbonyl (C=O) groups excluding carboxylic acids is 2. The van der Waals surface area contributed by atoms with Crippen LogP contribution in [0, 0.1) is 5.92 Å². The molecule has 0 saturated carbocycles. The van der Waals surface area contributed by atoms with Gasteiger partial charge >= 0.3 is 5.97 Å². The number of carbonyl (C=O) groups is 2. The molecule has 0 spiro atoms. The van der Waals surface area contributed by atoms with E-state index in [1.807, 2.05) is 0 Å². The Morgan fingerprint density at radius 1 is 1.33 bits per heavy atom. The molecule has 0 saturated heterocycles. The van der Waals surface area contributed by atoms with E-state index < -0.39 is 5.97 Å². The van der Waals surface area contributed by atoms with Gasteiger partial charge in [-0.05, 0) is 50.7 Å². The van der Waals surface area contributed by atoms with Gasteiger partial charge in [0, 0.05) is 30.8 Å². The maximum Gasteiger partial charge on any atom is 0.341 e. The van der Waals surface area contributed by atoms with Crippen LogP contribution >= 0.6 is 11.3 Å². The van der Waals surface area contributed by atoms with E-state index in [0.29, 0.717) is 35.2 Å². The minimum Gasteiger partial charge on any atom is -0.459 e. The number of amides is 1. The summed E-state index contributed by atoms with van der Waals surface area (Å²) in [5.41, 5.74) is 1.60. The molecule has 1 unspecified atom stereocenters. The highest BCUT2D eigenvalue weighted by Gasteiger charge is 2.29. The maximum atomic E-state index is 12.9. The highest BCUT2D eigenvalue weighted by Crippen LogP contribution is 2.40. The van der Waals surface area contributed by atoms with E-state index in [0.717, 1.165) is 29.7 Å². The van der Waals surface area contributed by atoms with Crippen LogP contribution in [0.25, 0.3) is 0 Å². The third kappa shape index (κ3) is 4.99. The summed E-state index contributed by atoms with van der Waals surface area (Å²) in [6.45, 7) is 6.52. The van der Waals surface area contributed by atoms with Crippen molar-refractivity contribution in [2.24, 2.45) is 5.92 Å². The monoisotopic (exact) mass is 432 g/mol. The van der Waals surface area contributed by atoms with Crippen LogP contribution in [0.5, 0.6) is 0 Å². The Morgan fingerprint density at radius 2 is 2.10 bits per heavy atom. The molecule has 0 aliphatic heterocycles. The number of pyridine rings is 1. The van der Waals surface area contributed by atoms with Crippen molar-refractivity contribution in [2.75, 3.05) is 19.0 Å². The van der Waals surface area contributed by atoms with E-state index in [-0.39, 0.29) is 17.6 Å². The Hall–Kier alpha value is -2.45. The van der Waals surface area contributed by atoms with Gasteiger partial charge in [-0.25, -0.2) is 4.79 Å². The highest BCUT2D eigenvalue weighted by atomic mass is 32.1. The van der Waals surface area contributed by atoms with Crippen LogP contribution in [0.2, 0.25) is 0 Å². The highest BCUT2D eigenvalue weighted by molar-refractivity contribution is 7.17. The van der Waals surface area contributed by atoms with Crippen molar-refractivity contribution in [3.8, 4) is 0 Å². The first kappa shape index (κ1) is 22.2. The third-order valence-corrected chi connectivity index (χ3v) is 6.24. The number of nitrogens with one attached hydrogen (secondary N) is 1. The molecule has 2 aromatic heterocycles. The second-order valence-corrected chi connectivity index (χ2v) is 9.01. The van der Waals surface area contributed by atoms with Gasteiger partial charge in [0.25, 0.3) is 11.5 Å². The number of hydrogen-bond donors (Lipinski definition) is 1. The molecule has 1 atom stereocenters. The van der Waals surface area contributed by atoms with Crippen LogP contribution in [0.1, 0.15) is 58.3 Å². The van der Waals surface area contributed by atoms with Gasteiger partial charge < -0.3 is 19.4 Å². The molecule has 1 aliphatic carbocycles. The molecule has 1 amide bonds. The lowest BCUT2D eigenvalue weighted by atomic mass is 9.88. The lowest BCUT2D eigenvalue weighted by molar-refractivity contribution is 0.0378. The molecule has 162 valence electrons. The van der Waals surface area contributed by atoms with Gasteiger partial charge in [0.15, 0.2) is 0 Å². The summed E-state index contributed by atoms with van der Waals surface area (Å²) < 4.78 is 11.9. The molecule has 1 aliphatic rings. The molecule has 0 fully saturated rings. The quantitative estimate of drug-likeness (QED) is 0.677. The van der Waals surface area contributed by atoms with Gasteiger partial charge in [-0.15, -0.1) is 11.3 Å². The first-order valence-corrected chi connectivity index (χ1v) is 11.0. The van der Waals surface area contributed by atoms with E-state index in [1.54, 1.807) is 21.0 Å². The minimum atomic E-state index is -0.405. The Balaban J connectivity index is 1.91. The Kier molecular flexibility index (Phi) is 7.10. The fraction of sp³-hybridized carbons (Fsp3) is 0.500. The fourth-order valence-electron chi connectivity index (χ4n) is 3.53. The van der Waals surface area contributed by atoms with Gasteiger partial charge in [0.1, 0.15) is 5.00 Å². The molecule has 3 rings (SSSR count). The average Bonchev–Trinajstić information content (AvgIpc) is 3.03. The van der Waals surface area contributed by atoms with Gasteiger partial charge in [-0.2, -0.15) is 0 Å². The van der Waals surface area contributed by atoms with Crippen LogP contribution in [0.15, 0.2) is 23.1 Å². The van der Waals surface area contributed by atoms with Crippen LogP contribution < -0.4 is 10.9 Å². The molecule has 2 aromatic rings. The summed E-state index contributed by atoms with van der Waals surface area (Å²) in [4.78, 5) is 38.8. The van der Waals surface area contributed by atoms with Gasteiger partial charge in [-0.3, -0.25) is 9.59 Å². The molecular weight excluding hydrogens is 404 g/mol. The maximum absolute atomic E-state index is 12.9. The van der Waals surface area contributed by atoms with E-state index in [9.17, 15) is 14.4 Å². The number of hydrogen-bond acceptors (Lipinski definition) is 6. The molecule has 0 aromatic carbocycles. The summed E-state index contributed by atoms with van der Waals surface area (Å²) in [5.74, 6) is -0.234. The largest absolute Gasteiger partial charge is 0.459 e. The second kappa shape index (κ2) is 9.57. The molecular formula is C22H28N2O5S. The number of esters is 1. The lowest BCUT2D eigenvalue weighted by Crippen LogP contribution is -2.24. The zero-order chi connectivity index (χ0) is 21.8. The van der Waals surface area contributed by atoms with E-state index >= 15 is 0 Å². The Morgan fingerprint density at radius 3 is 2.80 bits per heavy atom. The summed E-state index contributed by atoms with van der Waals surface area (Å²) in [7, 11) is 1.55. The summed E-state index contributed by atoms with van der Waals surface area (Å²) in [6, 6.07) is 2.85. The van der Waals surface area contributed by atoms with Crippen molar-refractivity contribution in [3.05, 3.63) is 50.3 Å². The van der Waals surface area contributed by atoms with Crippen molar-refractivity contribution in [2.45, 2.75) is 52.7 Å².